The topological polar surface area (TPSA) is 69.9 Å². The number of rotatable bonds is 9. The Kier molecular flexibility index (Phi) is 8.75. The molecular formula is C22H22F6O4S. The second-order valence-electron chi connectivity index (χ2n) is 7.02. The second kappa shape index (κ2) is 10.7. The molecule has 0 radical (unpaired) electrons. The quantitative estimate of drug-likeness (QED) is 0.316. The van der Waals surface area contributed by atoms with Crippen molar-refractivity contribution in [2.75, 3.05) is 0 Å². The first-order valence-electron chi connectivity index (χ1n) is 9.64. The highest BCUT2D eigenvalue weighted by Crippen LogP contribution is 2.44. The lowest BCUT2D eigenvalue weighted by Gasteiger charge is -2.29. The molecule has 33 heavy (non-hydrogen) atoms. The van der Waals surface area contributed by atoms with Crippen LogP contribution in [0.4, 0.5) is 26.3 Å². The highest BCUT2D eigenvalue weighted by Gasteiger charge is 2.68. The summed E-state index contributed by atoms with van der Waals surface area (Å²) < 4.78 is 82.3. The van der Waals surface area contributed by atoms with E-state index in [4.69, 9.17) is 4.74 Å². The van der Waals surface area contributed by atoms with Gasteiger partial charge in [-0.15, -0.1) is 11.3 Å². The second-order valence-corrected chi connectivity index (χ2v) is 7.93. The smallest absolute Gasteiger partial charge is 0.430 e. The summed E-state index contributed by atoms with van der Waals surface area (Å²) in [6.45, 7) is 1.32. The third-order valence-electron chi connectivity index (χ3n) is 4.77. The largest absolute Gasteiger partial charge is 0.489 e. The lowest BCUT2D eigenvalue weighted by Crippen LogP contribution is -2.55. The third kappa shape index (κ3) is 6.38. The molecule has 0 atom stereocenters. The Morgan fingerprint density at radius 1 is 1.00 bits per heavy atom. The Balaban J connectivity index is 2.15. The van der Waals surface area contributed by atoms with Crippen LogP contribution in [0.5, 0.6) is 5.75 Å². The van der Waals surface area contributed by atoms with Gasteiger partial charge >= 0.3 is 12.4 Å². The molecule has 1 heterocycles. The van der Waals surface area contributed by atoms with Gasteiger partial charge in [0.05, 0.1) is 13.2 Å². The maximum Gasteiger partial charge on any atom is 0.430 e. The predicted octanol–water partition coefficient (Wildman–Crippen LogP) is 5.52. The summed E-state index contributed by atoms with van der Waals surface area (Å²) in [5, 5.41) is 29.5. The fraction of sp³-hybridized carbons (Fsp3) is 0.364. The van der Waals surface area contributed by atoms with Crippen LogP contribution in [-0.2, 0) is 19.8 Å². The molecule has 0 fully saturated rings. The van der Waals surface area contributed by atoms with E-state index in [1.165, 1.54) is 11.3 Å². The Hall–Kier alpha value is -2.34. The zero-order valence-corrected chi connectivity index (χ0v) is 18.2. The predicted molar refractivity (Wildman–Crippen MR) is 111 cm³/mol. The molecule has 2 aromatic rings. The van der Waals surface area contributed by atoms with Gasteiger partial charge in [0, 0.05) is 10.4 Å². The number of benzene rings is 1. The monoisotopic (exact) mass is 496 g/mol. The molecule has 182 valence electrons. The summed E-state index contributed by atoms with van der Waals surface area (Å²) in [5.74, 6) is 0.455. The van der Waals surface area contributed by atoms with Gasteiger partial charge in [0.1, 0.15) is 12.4 Å². The van der Waals surface area contributed by atoms with E-state index >= 15 is 0 Å². The Morgan fingerprint density at radius 2 is 1.64 bits per heavy atom. The molecule has 3 N–H and O–H groups in total. The van der Waals surface area contributed by atoms with Crippen molar-refractivity contribution in [1.82, 2.24) is 0 Å². The van der Waals surface area contributed by atoms with Crippen LogP contribution < -0.4 is 4.74 Å². The molecule has 0 bridgehead atoms. The van der Waals surface area contributed by atoms with Crippen molar-refractivity contribution >= 4 is 16.9 Å². The number of thiophene rings is 1. The van der Waals surface area contributed by atoms with Gasteiger partial charge in [0.2, 0.25) is 0 Å². The third-order valence-corrected chi connectivity index (χ3v) is 5.83. The molecule has 2 rings (SSSR count). The first kappa shape index (κ1) is 26.9. The Labute approximate surface area is 190 Å². The van der Waals surface area contributed by atoms with Crippen molar-refractivity contribution in [1.29, 1.82) is 0 Å². The standard InChI is InChI=1S/C22H22F6O4S/c1-2-15(4-3-7-20(31,21(23,24)25)22(26,27)28)19-8-14(13-33-19)12-32-18-6-5-16(10-29)17(9-18)11-30/h3-9,13,29-31H,2,10-12H2,1H3/b7-3+,15-4-. The minimum Gasteiger partial charge on any atom is -0.489 e. The first-order valence-corrected chi connectivity index (χ1v) is 10.5. The van der Waals surface area contributed by atoms with Crippen molar-refractivity contribution < 1.29 is 46.4 Å². The Bertz CT molecular complexity index is 978. The van der Waals surface area contributed by atoms with Crippen LogP contribution in [0.15, 0.2) is 47.9 Å². The minimum atomic E-state index is -5.92. The zero-order chi connectivity index (χ0) is 24.9. The van der Waals surface area contributed by atoms with Crippen molar-refractivity contribution in [2.45, 2.75) is 51.1 Å². The average molecular weight is 496 g/mol. The molecule has 0 amide bonds. The molecule has 0 aliphatic carbocycles. The lowest BCUT2D eigenvalue weighted by atomic mass is 10.0. The van der Waals surface area contributed by atoms with E-state index < -0.39 is 18.0 Å². The van der Waals surface area contributed by atoms with E-state index in [2.05, 4.69) is 0 Å². The average Bonchev–Trinajstić information content (AvgIpc) is 3.22. The van der Waals surface area contributed by atoms with E-state index in [9.17, 15) is 41.7 Å². The Morgan fingerprint density at radius 3 is 2.18 bits per heavy atom. The van der Waals surface area contributed by atoms with Crippen LogP contribution in [0.2, 0.25) is 0 Å². The summed E-state index contributed by atoms with van der Waals surface area (Å²) in [4.78, 5) is 0.620. The number of hydrogen-bond acceptors (Lipinski definition) is 5. The molecule has 1 aromatic heterocycles. The van der Waals surface area contributed by atoms with Crippen molar-refractivity contribution in [3.05, 3.63) is 69.4 Å². The summed E-state index contributed by atoms with van der Waals surface area (Å²) >= 11 is 1.24. The highest BCUT2D eigenvalue weighted by molar-refractivity contribution is 7.11. The van der Waals surface area contributed by atoms with Gasteiger partial charge < -0.3 is 20.1 Å². The van der Waals surface area contributed by atoms with Gasteiger partial charge in [-0.3, -0.25) is 0 Å². The number of aliphatic hydroxyl groups is 3. The van der Waals surface area contributed by atoms with Crippen LogP contribution in [0, 0.1) is 0 Å². The van der Waals surface area contributed by atoms with Gasteiger partial charge in [0.15, 0.2) is 0 Å². The van der Waals surface area contributed by atoms with Gasteiger partial charge in [-0.2, -0.15) is 26.3 Å². The van der Waals surface area contributed by atoms with Crippen LogP contribution >= 0.6 is 11.3 Å². The number of halogens is 6. The van der Waals surface area contributed by atoms with E-state index in [1.807, 2.05) is 0 Å². The van der Waals surface area contributed by atoms with E-state index in [-0.39, 0.29) is 25.9 Å². The molecule has 0 saturated carbocycles. The van der Waals surface area contributed by atoms with Crippen LogP contribution in [0.1, 0.15) is 34.9 Å². The summed E-state index contributed by atoms with van der Waals surface area (Å²) in [6, 6.07) is 6.53. The summed E-state index contributed by atoms with van der Waals surface area (Å²) in [6.07, 6.45) is -10.2. The number of aliphatic hydroxyl groups excluding tert-OH is 2. The molecule has 0 aliphatic heterocycles. The fourth-order valence-corrected chi connectivity index (χ4v) is 3.80. The van der Waals surface area contributed by atoms with Gasteiger partial charge in [0.25, 0.3) is 5.60 Å². The molecule has 1 aromatic carbocycles. The SMILES string of the molecule is CC/C(=C/C=C/C(O)(C(F)(F)F)C(F)(F)F)c1cc(COc2ccc(CO)c(CO)c2)cs1. The van der Waals surface area contributed by atoms with Gasteiger partial charge in [-0.1, -0.05) is 25.1 Å². The van der Waals surface area contributed by atoms with Crippen molar-refractivity contribution in [2.24, 2.45) is 0 Å². The van der Waals surface area contributed by atoms with Gasteiger partial charge in [-0.05, 0) is 52.8 Å². The number of alkyl halides is 6. The lowest BCUT2D eigenvalue weighted by molar-refractivity contribution is -0.347. The number of allylic oxidation sites excluding steroid dienone is 3. The maximum absolute atomic E-state index is 12.8. The molecule has 11 heteroatoms. The van der Waals surface area contributed by atoms with E-state index in [0.717, 1.165) is 11.6 Å². The molecular weight excluding hydrogens is 474 g/mol. The number of ether oxygens (including phenoxy) is 1. The molecule has 4 nitrogen and oxygen atoms in total. The van der Waals surface area contributed by atoms with Crippen molar-refractivity contribution in [3.8, 4) is 5.75 Å². The molecule has 0 aliphatic rings. The van der Waals surface area contributed by atoms with Crippen molar-refractivity contribution in [3.63, 3.8) is 0 Å². The molecule has 0 saturated heterocycles. The summed E-state index contributed by atoms with van der Waals surface area (Å²) in [5.41, 5.74) is -2.66. The van der Waals surface area contributed by atoms with E-state index in [0.29, 0.717) is 39.8 Å². The highest BCUT2D eigenvalue weighted by atomic mass is 32.1. The zero-order valence-electron chi connectivity index (χ0n) is 17.4. The number of hydrogen-bond donors (Lipinski definition) is 3. The molecule has 0 spiro atoms. The molecule has 0 unspecified atom stereocenters. The summed E-state index contributed by atoms with van der Waals surface area (Å²) in [7, 11) is 0. The van der Waals surface area contributed by atoms with Gasteiger partial charge in [-0.25, -0.2) is 0 Å². The minimum absolute atomic E-state index is 0.134. The van der Waals surface area contributed by atoms with E-state index in [1.54, 1.807) is 36.6 Å². The van der Waals surface area contributed by atoms with Crippen LogP contribution in [0.3, 0.4) is 0 Å². The van der Waals surface area contributed by atoms with Crippen LogP contribution in [0.25, 0.3) is 5.57 Å². The fourth-order valence-electron chi connectivity index (χ4n) is 2.81. The first-order chi connectivity index (χ1) is 15.4. The maximum atomic E-state index is 12.8. The van der Waals surface area contributed by atoms with Crippen LogP contribution in [-0.4, -0.2) is 33.3 Å². The normalized spacial score (nSPS) is 13.7.